The highest BCUT2D eigenvalue weighted by Crippen LogP contribution is 2.26. The van der Waals surface area contributed by atoms with E-state index in [-0.39, 0.29) is 0 Å². The van der Waals surface area contributed by atoms with Gasteiger partial charge in [-0.15, -0.1) is 11.8 Å². The number of amides is 1. The van der Waals surface area contributed by atoms with Gasteiger partial charge in [-0.25, -0.2) is 4.79 Å². The molecule has 3 rings (SSSR count). The fraction of sp³-hybridized carbons (Fsp3) is 0.150. The van der Waals surface area contributed by atoms with Crippen LogP contribution in [0.5, 0.6) is 0 Å². The molecule has 0 saturated carbocycles. The average Bonchev–Trinajstić information content (AvgIpc) is 3.10. The van der Waals surface area contributed by atoms with Gasteiger partial charge in [0, 0.05) is 27.4 Å². The van der Waals surface area contributed by atoms with Crippen LogP contribution in [-0.2, 0) is 15.3 Å². The van der Waals surface area contributed by atoms with E-state index in [0.29, 0.717) is 22.0 Å². The number of rotatable bonds is 7. The van der Waals surface area contributed by atoms with Crippen LogP contribution >= 0.6 is 23.4 Å². The van der Waals surface area contributed by atoms with Gasteiger partial charge in [-0.2, -0.15) is 0 Å². The summed E-state index contributed by atoms with van der Waals surface area (Å²) >= 11 is 7.32. The van der Waals surface area contributed by atoms with E-state index in [1.54, 1.807) is 36.4 Å². The van der Waals surface area contributed by atoms with Gasteiger partial charge in [-0.3, -0.25) is 4.79 Å². The Bertz CT molecular complexity index is 990. The second kappa shape index (κ2) is 9.43. The van der Waals surface area contributed by atoms with E-state index in [1.807, 2.05) is 25.1 Å². The third-order valence-electron chi connectivity index (χ3n) is 3.60. The fourth-order valence-corrected chi connectivity index (χ4v) is 3.48. The number of aryl methyl sites for hydroxylation is 1. The van der Waals surface area contributed by atoms with Crippen molar-refractivity contribution in [2.45, 2.75) is 17.6 Å². The van der Waals surface area contributed by atoms with E-state index in [0.717, 1.165) is 16.3 Å². The molecule has 0 radical (unpaired) electrons. The van der Waals surface area contributed by atoms with Gasteiger partial charge < -0.3 is 14.6 Å². The summed E-state index contributed by atoms with van der Waals surface area (Å²) in [4.78, 5) is 25.2. The number of halogens is 1. The Morgan fingerprint density at radius 3 is 2.75 bits per heavy atom. The molecule has 3 aromatic rings. The van der Waals surface area contributed by atoms with Crippen LogP contribution in [0.1, 0.15) is 21.8 Å². The second-order valence-corrected chi connectivity index (χ2v) is 7.30. The molecule has 144 valence electrons. The Hall–Kier alpha value is -2.77. The number of benzene rings is 2. The molecular weight excluding hydrogens is 400 g/mol. The molecule has 0 unspecified atom stereocenters. The molecule has 0 atom stereocenters. The lowest BCUT2D eigenvalue weighted by atomic mass is 10.2. The number of anilines is 1. The van der Waals surface area contributed by atoms with Gasteiger partial charge >= 0.3 is 5.97 Å². The van der Waals surface area contributed by atoms with Crippen molar-refractivity contribution >= 4 is 40.9 Å². The van der Waals surface area contributed by atoms with Crippen LogP contribution in [0.15, 0.2) is 64.0 Å². The van der Waals surface area contributed by atoms with Crippen molar-refractivity contribution < 1.29 is 18.8 Å². The van der Waals surface area contributed by atoms with Crippen molar-refractivity contribution in [2.24, 2.45) is 0 Å². The molecule has 1 aromatic heterocycles. The monoisotopic (exact) mass is 416 g/mol. The van der Waals surface area contributed by atoms with Crippen molar-refractivity contribution in [3.05, 3.63) is 76.6 Å². The average molecular weight is 417 g/mol. The molecule has 0 aliphatic carbocycles. The highest BCUT2D eigenvalue weighted by atomic mass is 35.5. The maximum absolute atomic E-state index is 12.4. The van der Waals surface area contributed by atoms with Gasteiger partial charge in [0.2, 0.25) is 0 Å². The summed E-state index contributed by atoms with van der Waals surface area (Å²) in [5, 5.41) is 7.07. The number of hydrogen-bond donors (Lipinski definition) is 1. The Labute approximate surface area is 171 Å². The Balaban J connectivity index is 1.57. The first-order valence-electron chi connectivity index (χ1n) is 8.38. The van der Waals surface area contributed by atoms with Gasteiger partial charge in [0.05, 0.1) is 11.3 Å². The van der Waals surface area contributed by atoms with E-state index >= 15 is 0 Å². The first-order valence-corrected chi connectivity index (χ1v) is 9.74. The summed E-state index contributed by atoms with van der Waals surface area (Å²) in [6.45, 7) is 1.42. The van der Waals surface area contributed by atoms with Crippen molar-refractivity contribution in [2.75, 3.05) is 11.9 Å². The molecule has 0 saturated heterocycles. The number of nitrogens with zero attached hydrogens (tertiary/aromatic N) is 1. The summed E-state index contributed by atoms with van der Waals surface area (Å²) in [5.41, 5.74) is 1.71. The van der Waals surface area contributed by atoms with Gasteiger partial charge in [-0.1, -0.05) is 35.0 Å². The zero-order chi connectivity index (χ0) is 19.9. The summed E-state index contributed by atoms with van der Waals surface area (Å²) in [6.07, 6.45) is 0. The predicted molar refractivity (Wildman–Crippen MR) is 108 cm³/mol. The molecule has 0 bridgehead atoms. The van der Waals surface area contributed by atoms with Crippen LogP contribution in [0.3, 0.4) is 0 Å². The van der Waals surface area contributed by atoms with E-state index in [9.17, 15) is 9.59 Å². The summed E-state index contributed by atoms with van der Waals surface area (Å²) < 4.78 is 10.2. The van der Waals surface area contributed by atoms with Gasteiger partial charge in [0.15, 0.2) is 6.61 Å². The van der Waals surface area contributed by atoms with Gasteiger partial charge in [-0.05, 0) is 37.3 Å². The van der Waals surface area contributed by atoms with Gasteiger partial charge in [0.25, 0.3) is 5.91 Å². The molecular formula is C20H17ClN2O4S. The third kappa shape index (κ3) is 5.61. The molecule has 6 nitrogen and oxygen atoms in total. The number of aromatic nitrogens is 1. The maximum atomic E-state index is 12.4. The van der Waals surface area contributed by atoms with Gasteiger partial charge in [0.1, 0.15) is 5.76 Å². The van der Waals surface area contributed by atoms with Crippen LogP contribution < -0.4 is 5.32 Å². The molecule has 0 spiro atoms. The van der Waals surface area contributed by atoms with Crippen LogP contribution in [0.4, 0.5) is 5.69 Å². The number of carbonyl (C=O) groups excluding carboxylic acids is 2. The van der Waals surface area contributed by atoms with Crippen LogP contribution in [0, 0.1) is 6.92 Å². The quantitative estimate of drug-likeness (QED) is 0.443. The van der Waals surface area contributed by atoms with E-state index in [2.05, 4.69) is 10.5 Å². The zero-order valence-electron chi connectivity index (χ0n) is 15.0. The van der Waals surface area contributed by atoms with Crippen molar-refractivity contribution in [1.82, 2.24) is 5.16 Å². The van der Waals surface area contributed by atoms with Crippen LogP contribution in [-0.4, -0.2) is 23.6 Å². The molecule has 1 N–H and O–H groups in total. The maximum Gasteiger partial charge on any atom is 0.339 e. The molecule has 0 aliphatic heterocycles. The van der Waals surface area contributed by atoms with Crippen molar-refractivity contribution in [1.29, 1.82) is 0 Å². The van der Waals surface area contributed by atoms with E-state index < -0.39 is 18.5 Å². The Morgan fingerprint density at radius 2 is 2.00 bits per heavy atom. The number of nitrogens with one attached hydrogen (secondary N) is 1. The van der Waals surface area contributed by atoms with E-state index in [1.165, 1.54) is 11.8 Å². The second-order valence-electron chi connectivity index (χ2n) is 5.85. The predicted octanol–water partition coefficient (Wildman–Crippen LogP) is 4.72. The standard InChI is InChI=1S/C20H17ClN2O4S/c1-13-9-16(23-27-13)12-28-18-8-3-2-7-17(18)20(25)26-11-19(24)22-15-6-4-5-14(21)10-15/h2-10H,11-12H2,1H3,(H,22,24). The zero-order valence-corrected chi connectivity index (χ0v) is 16.5. The SMILES string of the molecule is Cc1cc(CSc2ccccc2C(=O)OCC(=O)Nc2cccc(Cl)c2)no1. The highest BCUT2D eigenvalue weighted by molar-refractivity contribution is 7.98. The van der Waals surface area contributed by atoms with Crippen LogP contribution in [0.2, 0.25) is 5.02 Å². The summed E-state index contributed by atoms with van der Waals surface area (Å²) in [6, 6.07) is 15.6. The summed E-state index contributed by atoms with van der Waals surface area (Å²) in [5.74, 6) is 0.269. The molecule has 28 heavy (non-hydrogen) atoms. The minimum absolute atomic E-state index is 0.392. The Morgan fingerprint density at radius 1 is 1.18 bits per heavy atom. The first-order chi connectivity index (χ1) is 13.5. The van der Waals surface area contributed by atoms with E-state index in [4.69, 9.17) is 20.9 Å². The minimum Gasteiger partial charge on any atom is -0.452 e. The lowest BCUT2D eigenvalue weighted by Gasteiger charge is -2.09. The van der Waals surface area contributed by atoms with Crippen molar-refractivity contribution in [3.63, 3.8) is 0 Å². The third-order valence-corrected chi connectivity index (χ3v) is 4.94. The fourth-order valence-electron chi connectivity index (χ4n) is 2.37. The molecule has 8 heteroatoms. The molecule has 1 amide bonds. The number of esters is 1. The van der Waals surface area contributed by atoms with Crippen LogP contribution in [0.25, 0.3) is 0 Å². The topological polar surface area (TPSA) is 81.4 Å². The molecule has 1 heterocycles. The largest absolute Gasteiger partial charge is 0.452 e. The lowest BCUT2D eigenvalue weighted by Crippen LogP contribution is -2.21. The highest BCUT2D eigenvalue weighted by Gasteiger charge is 2.15. The normalized spacial score (nSPS) is 10.5. The lowest BCUT2D eigenvalue weighted by molar-refractivity contribution is -0.119. The number of thioether (sulfide) groups is 1. The molecule has 2 aromatic carbocycles. The first kappa shape index (κ1) is 20.0. The minimum atomic E-state index is -0.569. The number of ether oxygens (including phenoxy) is 1. The Kier molecular flexibility index (Phi) is 6.73. The molecule has 0 aliphatic rings. The number of hydrogen-bond acceptors (Lipinski definition) is 6. The number of carbonyl (C=O) groups is 2. The summed E-state index contributed by atoms with van der Waals surface area (Å²) in [7, 11) is 0. The molecule has 0 fully saturated rings. The smallest absolute Gasteiger partial charge is 0.339 e. The van der Waals surface area contributed by atoms with Crippen molar-refractivity contribution in [3.8, 4) is 0 Å².